The topological polar surface area (TPSA) is 118 Å². The smallest absolute Gasteiger partial charge is 0.269 e. The summed E-state index contributed by atoms with van der Waals surface area (Å²) in [6, 6.07) is 5.69. The first-order valence-electron chi connectivity index (χ1n) is 5.43. The highest BCUT2D eigenvalue weighted by molar-refractivity contribution is 5.80. The minimum atomic E-state index is -1.18. The Balaban J connectivity index is 2.56. The van der Waals surface area contributed by atoms with Crippen molar-refractivity contribution in [2.45, 2.75) is 12.5 Å². The molecule has 0 bridgehead atoms. The first kappa shape index (κ1) is 14.1. The molecule has 4 N–H and O–H groups in total. The summed E-state index contributed by atoms with van der Waals surface area (Å²) in [5.74, 6) is -0.501. The van der Waals surface area contributed by atoms with Crippen molar-refractivity contribution in [3.63, 3.8) is 0 Å². The lowest BCUT2D eigenvalue weighted by Gasteiger charge is -2.10. The number of nitrogens with zero attached hydrogens (tertiary/aromatic N) is 1. The summed E-state index contributed by atoms with van der Waals surface area (Å²) in [6.07, 6.45) is -1.08. The fourth-order valence-electron chi connectivity index (χ4n) is 1.38. The molecule has 0 saturated carbocycles. The van der Waals surface area contributed by atoms with E-state index < -0.39 is 16.9 Å². The SMILES string of the molecule is NCCNC(=O)C(O)Cc1ccc([N+](=O)[O-])cc1. The maximum Gasteiger partial charge on any atom is 0.269 e. The Hall–Kier alpha value is -1.99. The van der Waals surface area contributed by atoms with Gasteiger partial charge >= 0.3 is 0 Å². The Labute approximate surface area is 104 Å². The lowest BCUT2D eigenvalue weighted by Crippen LogP contribution is -2.38. The van der Waals surface area contributed by atoms with Crippen LogP contribution in [0.15, 0.2) is 24.3 Å². The molecule has 98 valence electrons. The predicted molar refractivity (Wildman–Crippen MR) is 64.9 cm³/mol. The zero-order valence-corrected chi connectivity index (χ0v) is 9.70. The van der Waals surface area contributed by atoms with E-state index in [2.05, 4.69) is 5.32 Å². The van der Waals surface area contributed by atoms with E-state index in [4.69, 9.17) is 5.73 Å². The van der Waals surface area contributed by atoms with Crippen LogP contribution in [0.2, 0.25) is 0 Å². The van der Waals surface area contributed by atoms with Crippen LogP contribution < -0.4 is 11.1 Å². The van der Waals surface area contributed by atoms with Gasteiger partial charge in [-0.15, -0.1) is 0 Å². The molecular weight excluding hydrogens is 238 g/mol. The molecule has 0 radical (unpaired) electrons. The van der Waals surface area contributed by atoms with Crippen molar-refractivity contribution in [1.82, 2.24) is 5.32 Å². The molecule has 1 unspecified atom stereocenters. The number of aliphatic hydroxyl groups excluding tert-OH is 1. The van der Waals surface area contributed by atoms with Gasteiger partial charge in [-0.3, -0.25) is 14.9 Å². The van der Waals surface area contributed by atoms with Crippen LogP contribution in [0.3, 0.4) is 0 Å². The number of benzene rings is 1. The largest absolute Gasteiger partial charge is 0.383 e. The van der Waals surface area contributed by atoms with Gasteiger partial charge in [-0.1, -0.05) is 12.1 Å². The molecule has 1 atom stereocenters. The van der Waals surface area contributed by atoms with E-state index in [1.54, 1.807) is 0 Å². The molecule has 0 aliphatic carbocycles. The van der Waals surface area contributed by atoms with Crippen LogP contribution in [0.5, 0.6) is 0 Å². The van der Waals surface area contributed by atoms with Gasteiger partial charge < -0.3 is 16.2 Å². The highest BCUT2D eigenvalue weighted by Crippen LogP contribution is 2.13. The van der Waals surface area contributed by atoms with Crippen LogP contribution in [0.4, 0.5) is 5.69 Å². The summed E-state index contributed by atoms with van der Waals surface area (Å²) in [7, 11) is 0. The van der Waals surface area contributed by atoms with Crippen LogP contribution >= 0.6 is 0 Å². The summed E-state index contributed by atoms with van der Waals surface area (Å²) < 4.78 is 0. The Morgan fingerprint density at radius 1 is 1.44 bits per heavy atom. The molecule has 0 aliphatic heterocycles. The molecule has 7 heteroatoms. The number of nitro benzene ring substituents is 1. The number of nitrogens with two attached hydrogens (primary N) is 1. The van der Waals surface area contributed by atoms with Crippen molar-refractivity contribution in [3.05, 3.63) is 39.9 Å². The number of carbonyl (C=O) groups is 1. The van der Waals surface area contributed by atoms with Crippen molar-refractivity contribution < 1.29 is 14.8 Å². The molecular formula is C11H15N3O4. The van der Waals surface area contributed by atoms with Crippen LogP contribution in [0, 0.1) is 10.1 Å². The van der Waals surface area contributed by atoms with E-state index in [-0.39, 0.29) is 12.1 Å². The summed E-state index contributed by atoms with van der Waals surface area (Å²) in [4.78, 5) is 21.3. The van der Waals surface area contributed by atoms with Crippen molar-refractivity contribution in [3.8, 4) is 0 Å². The molecule has 1 rings (SSSR count). The zero-order chi connectivity index (χ0) is 13.5. The fourth-order valence-corrected chi connectivity index (χ4v) is 1.38. The summed E-state index contributed by atoms with van der Waals surface area (Å²) in [6.45, 7) is 0.603. The van der Waals surface area contributed by atoms with Crippen molar-refractivity contribution in [2.24, 2.45) is 5.73 Å². The summed E-state index contributed by atoms with van der Waals surface area (Å²) >= 11 is 0. The minimum Gasteiger partial charge on any atom is -0.383 e. The van der Waals surface area contributed by atoms with Gasteiger partial charge in [0.15, 0.2) is 0 Å². The fraction of sp³-hybridized carbons (Fsp3) is 0.364. The average Bonchev–Trinajstić information content (AvgIpc) is 2.36. The maximum atomic E-state index is 11.4. The van der Waals surface area contributed by atoms with Crippen LogP contribution in [-0.2, 0) is 11.2 Å². The molecule has 7 nitrogen and oxygen atoms in total. The van der Waals surface area contributed by atoms with Gasteiger partial charge in [0, 0.05) is 31.6 Å². The van der Waals surface area contributed by atoms with Gasteiger partial charge in [-0.05, 0) is 5.56 Å². The van der Waals surface area contributed by atoms with Crippen LogP contribution in [0.25, 0.3) is 0 Å². The molecule has 0 saturated heterocycles. The third-order valence-electron chi connectivity index (χ3n) is 2.32. The number of carbonyl (C=O) groups excluding carboxylic acids is 1. The molecule has 0 aromatic heterocycles. The molecule has 1 amide bonds. The second kappa shape index (κ2) is 6.67. The van der Waals surface area contributed by atoms with E-state index in [9.17, 15) is 20.0 Å². The van der Waals surface area contributed by atoms with Gasteiger partial charge in [0.05, 0.1) is 4.92 Å². The number of hydrogen-bond acceptors (Lipinski definition) is 5. The Bertz CT molecular complexity index is 419. The lowest BCUT2D eigenvalue weighted by atomic mass is 10.1. The number of hydrogen-bond donors (Lipinski definition) is 3. The third-order valence-corrected chi connectivity index (χ3v) is 2.32. The number of aliphatic hydroxyl groups is 1. The van der Waals surface area contributed by atoms with E-state index in [1.165, 1.54) is 24.3 Å². The predicted octanol–water partition coefficient (Wildman–Crippen LogP) is -0.427. The van der Waals surface area contributed by atoms with Gasteiger partial charge in [0.25, 0.3) is 5.69 Å². The molecule has 1 aromatic rings. The summed E-state index contributed by atoms with van der Waals surface area (Å²) in [5.41, 5.74) is 5.84. The standard InChI is InChI=1S/C11H15N3O4/c12-5-6-13-11(16)10(15)7-8-1-3-9(4-2-8)14(17)18/h1-4,10,15H,5-7,12H2,(H,13,16). The van der Waals surface area contributed by atoms with Gasteiger partial charge in [-0.2, -0.15) is 0 Å². The highest BCUT2D eigenvalue weighted by atomic mass is 16.6. The normalized spacial score (nSPS) is 11.9. The molecule has 0 spiro atoms. The number of non-ortho nitro benzene ring substituents is 1. The monoisotopic (exact) mass is 253 g/mol. The van der Waals surface area contributed by atoms with Crippen molar-refractivity contribution in [2.75, 3.05) is 13.1 Å². The Morgan fingerprint density at radius 2 is 2.06 bits per heavy atom. The molecule has 0 aliphatic rings. The van der Waals surface area contributed by atoms with Crippen LogP contribution in [-0.4, -0.2) is 35.1 Å². The molecule has 0 heterocycles. The number of nitrogens with one attached hydrogen (secondary N) is 1. The first-order valence-corrected chi connectivity index (χ1v) is 5.43. The zero-order valence-electron chi connectivity index (χ0n) is 9.70. The van der Waals surface area contributed by atoms with Gasteiger partial charge in [0.2, 0.25) is 5.91 Å². The minimum absolute atomic E-state index is 0.0270. The summed E-state index contributed by atoms with van der Waals surface area (Å²) in [5, 5.41) is 22.5. The second-order valence-corrected chi connectivity index (χ2v) is 3.72. The van der Waals surface area contributed by atoms with E-state index in [0.717, 1.165) is 0 Å². The van der Waals surface area contributed by atoms with Gasteiger partial charge in [-0.25, -0.2) is 0 Å². The van der Waals surface area contributed by atoms with Crippen molar-refractivity contribution in [1.29, 1.82) is 0 Å². The molecule has 18 heavy (non-hydrogen) atoms. The van der Waals surface area contributed by atoms with E-state index in [0.29, 0.717) is 18.7 Å². The third kappa shape index (κ3) is 4.11. The molecule has 0 fully saturated rings. The lowest BCUT2D eigenvalue weighted by molar-refractivity contribution is -0.384. The quantitative estimate of drug-likeness (QED) is 0.469. The Morgan fingerprint density at radius 3 is 2.56 bits per heavy atom. The van der Waals surface area contributed by atoms with E-state index >= 15 is 0 Å². The average molecular weight is 253 g/mol. The number of amides is 1. The first-order chi connectivity index (χ1) is 8.54. The highest BCUT2D eigenvalue weighted by Gasteiger charge is 2.15. The maximum absolute atomic E-state index is 11.4. The van der Waals surface area contributed by atoms with Crippen LogP contribution in [0.1, 0.15) is 5.56 Å². The number of rotatable bonds is 6. The van der Waals surface area contributed by atoms with Gasteiger partial charge in [0.1, 0.15) is 6.10 Å². The molecule has 1 aromatic carbocycles. The van der Waals surface area contributed by atoms with Crippen molar-refractivity contribution >= 4 is 11.6 Å². The van der Waals surface area contributed by atoms with E-state index in [1.807, 2.05) is 0 Å². The number of nitro groups is 1. The second-order valence-electron chi connectivity index (χ2n) is 3.72. The Kier molecular flexibility index (Phi) is 5.22.